The Morgan fingerprint density at radius 3 is 2.58 bits per heavy atom. The predicted octanol–water partition coefficient (Wildman–Crippen LogP) is 5.96. The van der Waals surface area contributed by atoms with Gasteiger partial charge in [-0.05, 0) is 42.2 Å². The number of nitrogens with zero attached hydrogens (tertiary/aromatic N) is 2. The van der Waals surface area contributed by atoms with Gasteiger partial charge in [0.05, 0.1) is 11.7 Å². The minimum absolute atomic E-state index is 0.0944. The van der Waals surface area contributed by atoms with Crippen molar-refractivity contribution in [1.29, 1.82) is 0 Å². The third-order valence-electron chi connectivity index (χ3n) is 5.16. The van der Waals surface area contributed by atoms with Crippen LogP contribution >= 0.6 is 27.3 Å². The minimum atomic E-state index is -0.256. The molecule has 0 aliphatic heterocycles. The number of anilines is 1. The van der Waals surface area contributed by atoms with Crippen LogP contribution in [-0.2, 0) is 11.3 Å². The van der Waals surface area contributed by atoms with Crippen LogP contribution in [0.4, 0.5) is 5.69 Å². The van der Waals surface area contributed by atoms with Crippen molar-refractivity contribution in [2.24, 2.45) is 0 Å². The molecule has 4 aromatic rings. The molecule has 31 heavy (non-hydrogen) atoms. The van der Waals surface area contributed by atoms with Crippen LogP contribution in [0.15, 0.2) is 64.1 Å². The van der Waals surface area contributed by atoms with E-state index in [0.29, 0.717) is 10.2 Å². The average Bonchev–Trinajstić information content (AvgIpc) is 3.07. The van der Waals surface area contributed by atoms with Crippen molar-refractivity contribution in [3.63, 3.8) is 0 Å². The third-order valence-corrected chi connectivity index (χ3v) is 6.70. The van der Waals surface area contributed by atoms with Crippen molar-refractivity contribution in [1.82, 2.24) is 9.55 Å². The van der Waals surface area contributed by atoms with Crippen LogP contribution in [0.1, 0.15) is 30.2 Å². The highest BCUT2D eigenvalue weighted by atomic mass is 79.9. The summed E-state index contributed by atoms with van der Waals surface area (Å²) in [6.07, 6.45) is 1.46. The van der Waals surface area contributed by atoms with Gasteiger partial charge in [0.25, 0.3) is 5.56 Å². The fraction of sp³-hybridized carbons (Fsp3) is 0.208. The molecule has 2 heterocycles. The van der Waals surface area contributed by atoms with Gasteiger partial charge in [-0.3, -0.25) is 14.2 Å². The number of para-hydroxylation sites is 1. The number of fused-ring (bicyclic) bond motifs is 1. The Hall–Kier alpha value is -2.77. The maximum Gasteiger partial charge on any atom is 0.263 e. The van der Waals surface area contributed by atoms with Crippen molar-refractivity contribution < 1.29 is 4.79 Å². The van der Waals surface area contributed by atoms with E-state index in [1.807, 2.05) is 55.5 Å². The van der Waals surface area contributed by atoms with Crippen LogP contribution in [0, 0.1) is 6.92 Å². The number of rotatable bonds is 5. The molecule has 4 rings (SSSR count). The third kappa shape index (κ3) is 4.34. The SMILES string of the molecule is Cc1sc2ncn(CC(=O)Nc3ccccc3C(C)C)c(=O)c2c1-c1ccc(Br)cc1. The Labute approximate surface area is 192 Å². The summed E-state index contributed by atoms with van der Waals surface area (Å²) in [5.74, 6) is 0.0213. The van der Waals surface area contributed by atoms with Crippen LogP contribution in [0.5, 0.6) is 0 Å². The fourth-order valence-corrected chi connectivity index (χ4v) is 4.94. The topological polar surface area (TPSA) is 64.0 Å². The fourth-order valence-electron chi connectivity index (χ4n) is 3.67. The van der Waals surface area contributed by atoms with Crippen LogP contribution < -0.4 is 10.9 Å². The van der Waals surface area contributed by atoms with E-state index in [9.17, 15) is 9.59 Å². The van der Waals surface area contributed by atoms with Gasteiger partial charge in [0.2, 0.25) is 5.91 Å². The number of nitrogens with one attached hydrogen (secondary N) is 1. The van der Waals surface area contributed by atoms with Crippen LogP contribution in [0.25, 0.3) is 21.3 Å². The van der Waals surface area contributed by atoms with Crippen molar-refractivity contribution >= 4 is 49.1 Å². The first-order valence-corrected chi connectivity index (χ1v) is 11.6. The smallest absolute Gasteiger partial charge is 0.263 e. The molecule has 0 saturated carbocycles. The molecular formula is C24H22BrN3O2S. The highest BCUT2D eigenvalue weighted by molar-refractivity contribution is 9.10. The zero-order chi connectivity index (χ0) is 22.1. The number of aryl methyl sites for hydroxylation is 1. The first-order valence-electron chi connectivity index (χ1n) is 9.98. The van der Waals surface area contributed by atoms with Gasteiger partial charge in [-0.2, -0.15) is 0 Å². The van der Waals surface area contributed by atoms with Crippen LogP contribution in [0.3, 0.4) is 0 Å². The zero-order valence-corrected chi connectivity index (χ0v) is 19.9. The summed E-state index contributed by atoms with van der Waals surface area (Å²) >= 11 is 4.94. The van der Waals surface area contributed by atoms with E-state index >= 15 is 0 Å². The summed E-state index contributed by atoms with van der Waals surface area (Å²) in [7, 11) is 0. The first-order chi connectivity index (χ1) is 14.8. The lowest BCUT2D eigenvalue weighted by molar-refractivity contribution is -0.116. The number of hydrogen-bond acceptors (Lipinski definition) is 4. The van der Waals surface area contributed by atoms with Crippen molar-refractivity contribution in [2.75, 3.05) is 5.32 Å². The van der Waals surface area contributed by atoms with Gasteiger partial charge in [-0.15, -0.1) is 11.3 Å². The van der Waals surface area contributed by atoms with Gasteiger partial charge in [0, 0.05) is 20.6 Å². The van der Waals surface area contributed by atoms with Crippen LogP contribution in [0.2, 0.25) is 0 Å². The molecule has 0 aliphatic carbocycles. The molecule has 2 aromatic carbocycles. The molecule has 0 aliphatic rings. The highest BCUT2D eigenvalue weighted by Gasteiger charge is 2.18. The molecule has 0 bridgehead atoms. The normalized spacial score (nSPS) is 11.3. The lowest BCUT2D eigenvalue weighted by Gasteiger charge is -2.14. The summed E-state index contributed by atoms with van der Waals surface area (Å²) in [6, 6.07) is 15.6. The van der Waals surface area contributed by atoms with Crippen molar-refractivity contribution in [2.45, 2.75) is 33.2 Å². The Bertz CT molecular complexity index is 1320. The van der Waals surface area contributed by atoms with E-state index in [1.165, 1.54) is 22.2 Å². The molecule has 0 unspecified atom stereocenters. The number of carbonyl (C=O) groups is 1. The van der Waals surface area contributed by atoms with E-state index in [0.717, 1.165) is 31.7 Å². The summed E-state index contributed by atoms with van der Waals surface area (Å²) < 4.78 is 2.35. The molecule has 1 amide bonds. The van der Waals surface area contributed by atoms with Gasteiger partial charge in [-0.25, -0.2) is 4.98 Å². The number of hydrogen-bond donors (Lipinski definition) is 1. The molecule has 5 nitrogen and oxygen atoms in total. The lowest BCUT2D eigenvalue weighted by Crippen LogP contribution is -2.28. The zero-order valence-electron chi connectivity index (χ0n) is 17.5. The van der Waals surface area contributed by atoms with Crippen molar-refractivity contribution in [3.05, 3.63) is 80.1 Å². The minimum Gasteiger partial charge on any atom is -0.324 e. The molecular weight excluding hydrogens is 474 g/mol. The molecule has 7 heteroatoms. The largest absolute Gasteiger partial charge is 0.324 e. The second kappa shape index (κ2) is 8.77. The second-order valence-electron chi connectivity index (χ2n) is 7.69. The van der Waals surface area contributed by atoms with Crippen molar-refractivity contribution in [3.8, 4) is 11.1 Å². The molecule has 0 atom stereocenters. The Balaban J connectivity index is 1.69. The maximum absolute atomic E-state index is 13.3. The lowest BCUT2D eigenvalue weighted by atomic mass is 10.0. The van der Waals surface area contributed by atoms with E-state index < -0.39 is 0 Å². The number of thiophene rings is 1. The van der Waals surface area contributed by atoms with E-state index in [2.05, 4.69) is 40.1 Å². The number of amides is 1. The summed E-state index contributed by atoms with van der Waals surface area (Å²) in [6.45, 7) is 6.05. The van der Waals surface area contributed by atoms with Gasteiger partial charge in [-0.1, -0.05) is 60.1 Å². The van der Waals surface area contributed by atoms with Gasteiger partial charge >= 0.3 is 0 Å². The number of carbonyl (C=O) groups excluding carboxylic acids is 1. The van der Waals surface area contributed by atoms with Crippen LogP contribution in [-0.4, -0.2) is 15.5 Å². The Morgan fingerprint density at radius 2 is 1.87 bits per heavy atom. The first kappa shape index (κ1) is 21.5. The van der Waals surface area contributed by atoms with Gasteiger partial charge in [0.15, 0.2) is 0 Å². The molecule has 2 aromatic heterocycles. The molecule has 1 N–H and O–H groups in total. The molecule has 0 radical (unpaired) electrons. The number of halogens is 1. The molecule has 0 fully saturated rings. The summed E-state index contributed by atoms with van der Waals surface area (Å²) in [5.41, 5.74) is 3.46. The molecule has 158 valence electrons. The second-order valence-corrected chi connectivity index (χ2v) is 9.81. The molecule has 0 spiro atoms. The van der Waals surface area contributed by atoms with E-state index in [1.54, 1.807) is 0 Å². The van der Waals surface area contributed by atoms with Gasteiger partial charge < -0.3 is 5.32 Å². The quantitative estimate of drug-likeness (QED) is 0.371. The Morgan fingerprint density at radius 1 is 1.16 bits per heavy atom. The standard InChI is InChI=1S/C24H22BrN3O2S/c1-14(2)18-6-4-5-7-19(18)27-20(29)12-28-13-26-23-22(24(28)30)21(15(3)31-23)16-8-10-17(25)11-9-16/h4-11,13-14H,12H2,1-3H3,(H,27,29). The summed E-state index contributed by atoms with van der Waals surface area (Å²) in [5, 5.41) is 3.50. The average molecular weight is 496 g/mol. The van der Waals surface area contributed by atoms with E-state index in [4.69, 9.17) is 0 Å². The van der Waals surface area contributed by atoms with Gasteiger partial charge in [0.1, 0.15) is 11.4 Å². The summed E-state index contributed by atoms with van der Waals surface area (Å²) in [4.78, 5) is 32.2. The molecule has 0 saturated heterocycles. The Kier molecular flexibility index (Phi) is 6.07. The highest BCUT2D eigenvalue weighted by Crippen LogP contribution is 2.35. The number of benzene rings is 2. The maximum atomic E-state index is 13.3. The predicted molar refractivity (Wildman–Crippen MR) is 131 cm³/mol. The van der Waals surface area contributed by atoms with E-state index in [-0.39, 0.29) is 23.9 Å². The number of aromatic nitrogens is 2. The monoisotopic (exact) mass is 495 g/mol.